The van der Waals surface area contributed by atoms with Crippen molar-refractivity contribution in [2.45, 2.75) is 38.4 Å². The van der Waals surface area contributed by atoms with Gasteiger partial charge < -0.3 is 4.74 Å². The van der Waals surface area contributed by atoms with Crippen LogP contribution in [0.4, 0.5) is 0 Å². The van der Waals surface area contributed by atoms with Crippen LogP contribution < -0.4 is 10.3 Å². The summed E-state index contributed by atoms with van der Waals surface area (Å²) in [5.74, 6) is 2.21. The molecule has 0 aliphatic heterocycles. The maximum atomic E-state index is 12.9. The zero-order valence-corrected chi connectivity index (χ0v) is 17.5. The van der Waals surface area contributed by atoms with E-state index in [0.717, 1.165) is 35.0 Å². The van der Waals surface area contributed by atoms with E-state index in [-0.39, 0.29) is 5.56 Å². The maximum Gasteiger partial charge on any atom is 0.262 e. The molecule has 6 nitrogen and oxygen atoms in total. The van der Waals surface area contributed by atoms with Crippen LogP contribution in [0.25, 0.3) is 16.7 Å². The highest BCUT2D eigenvalue weighted by atomic mass is 32.2. The third kappa shape index (κ3) is 3.87. The van der Waals surface area contributed by atoms with E-state index in [2.05, 4.69) is 36.2 Å². The van der Waals surface area contributed by atoms with Gasteiger partial charge in [0.15, 0.2) is 5.16 Å². The molecule has 0 radical (unpaired) electrons. The normalized spacial score (nSPS) is 11.4. The first-order valence-electron chi connectivity index (χ1n) is 9.94. The molecular formula is C22H24N4O2S. The second kappa shape index (κ2) is 8.69. The molecule has 2 aromatic carbocycles. The molecule has 0 atom stereocenters. The van der Waals surface area contributed by atoms with Gasteiger partial charge in [0.2, 0.25) is 5.78 Å². The number of hydrogen-bond acceptors (Lipinski definition) is 5. The number of nitrogens with zero attached hydrogens (tertiary/aromatic N) is 4. The van der Waals surface area contributed by atoms with Gasteiger partial charge in [0.05, 0.1) is 17.5 Å². The molecule has 7 heteroatoms. The topological polar surface area (TPSA) is 61.4 Å². The minimum absolute atomic E-state index is 0.0157. The zero-order chi connectivity index (χ0) is 20.2. The molecule has 150 valence electrons. The number of hydrogen-bond donors (Lipinski definition) is 0. The summed E-state index contributed by atoms with van der Waals surface area (Å²) in [4.78, 5) is 12.9. The Morgan fingerprint density at radius 3 is 2.76 bits per heavy atom. The molecule has 0 aliphatic rings. The van der Waals surface area contributed by atoms with Crippen LogP contribution in [0, 0.1) is 0 Å². The van der Waals surface area contributed by atoms with E-state index < -0.39 is 0 Å². The molecule has 29 heavy (non-hydrogen) atoms. The Labute approximate surface area is 173 Å². The Kier molecular flexibility index (Phi) is 5.85. The summed E-state index contributed by atoms with van der Waals surface area (Å²) >= 11 is 1.58. The van der Waals surface area contributed by atoms with Gasteiger partial charge in [0.1, 0.15) is 5.75 Å². The van der Waals surface area contributed by atoms with Crippen LogP contribution in [-0.4, -0.2) is 31.5 Å². The summed E-state index contributed by atoms with van der Waals surface area (Å²) in [6, 6.07) is 15.8. The average Bonchev–Trinajstić information content (AvgIpc) is 3.18. The van der Waals surface area contributed by atoms with Crippen LogP contribution in [0.2, 0.25) is 0 Å². The predicted molar refractivity (Wildman–Crippen MR) is 117 cm³/mol. The van der Waals surface area contributed by atoms with Crippen molar-refractivity contribution in [1.29, 1.82) is 0 Å². The van der Waals surface area contributed by atoms with Crippen molar-refractivity contribution >= 4 is 28.4 Å². The van der Waals surface area contributed by atoms with Crippen molar-refractivity contribution in [3.05, 3.63) is 64.4 Å². The second-order valence-electron chi connectivity index (χ2n) is 6.79. The summed E-state index contributed by atoms with van der Waals surface area (Å²) in [7, 11) is 0. The van der Waals surface area contributed by atoms with Crippen molar-refractivity contribution in [3.63, 3.8) is 0 Å². The molecule has 0 saturated heterocycles. The van der Waals surface area contributed by atoms with Gasteiger partial charge in [-0.1, -0.05) is 49.9 Å². The lowest BCUT2D eigenvalue weighted by Gasteiger charge is -2.10. The third-order valence-corrected chi connectivity index (χ3v) is 5.71. The number of fused-ring (bicyclic) bond motifs is 3. The quantitative estimate of drug-likeness (QED) is 0.323. The Morgan fingerprint density at radius 2 is 1.93 bits per heavy atom. The van der Waals surface area contributed by atoms with Crippen molar-refractivity contribution in [3.8, 4) is 5.75 Å². The van der Waals surface area contributed by atoms with Gasteiger partial charge in [-0.3, -0.25) is 13.8 Å². The number of aromatic nitrogens is 4. The van der Waals surface area contributed by atoms with Gasteiger partial charge in [-0.05, 0) is 42.7 Å². The summed E-state index contributed by atoms with van der Waals surface area (Å²) < 4.78 is 9.59. The first kappa shape index (κ1) is 19.5. The Balaban J connectivity index is 1.59. The molecule has 2 aromatic heterocycles. The lowest BCUT2D eigenvalue weighted by Crippen LogP contribution is -2.23. The number of para-hydroxylation sites is 1. The lowest BCUT2D eigenvalue weighted by molar-refractivity contribution is 0.343. The summed E-state index contributed by atoms with van der Waals surface area (Å²) in [6.07, 6.45) is 1.85. The maximum absolute atomic E-state index is 12.9. The molecular weight excluding hydrogens is 384 g/mol. The van der Waals surface area contributed by atoms with Gasteiger partial charge in [-0.25, -0.2) is 0 Å². The Hall–Kier alpha value is -2.80. The van der Waals surface area contributed by atoms with Crippen molar-refractivity contribution in [2.24, 2.45) is 0 Å². The monoisotopic (exact) mass is 408 g/mol. The number of rotatable bonds is 8. The number of aryl methyl sites for hydroxylation is 2. The summed E-state index contributed by atoms with van der Waals surface area (Å²) in [5, 5.41) is 10.1. The van der Waals surface area contributed by atoms with Crippen molar-refractivity contribution in [1.82, 2.24) is 19.2 Å². The van der Waals surface area contributed by atoms with Crippen molar-refractivity contribution in [2.75, 3.05) is 12.4 Å². The summed E-state index contributed by atoms with van der Waals surface area (Å²) in [5.41, 5.74) is 2.08. The van der Waals surface area contributed by atoms with Crippen molar-refractivity contribution < 1.29 is 4.74 Å². The molecule has 2 heterocycles. The molecule has 0 saturated carbocycles. The molecule has 0 amide bonds. The fraction of sp³-hybridized carbons (Fsp3) is 0.318. The predicted octanol–water partition coefficient (Wildman–Crippen LogP) is 4.19. The van der Waals surface area contributed by atoms with E-state index in [1.165, 1.54) is 5.56 Å². The molecule has 4 aromatic rings. The number of benzene rings is 2. The molecule has 0 N–H and O–H groups in total. The Morgan fingerprint density at radius 1 is 1.07 bits per heavy atom. The first-order valence-corrected chi connectivity index (χ1v) is 10.9. The van der Waals surface area contributed by atoms with E-state index in [9.17, 15) is 4.79 Å². The fourth-order valence-electron chi connectivity index (χ4n) is 3.40. The molecule has 4 rings (SSSR count). The van der Waals surface area contributed by atoms with Crippen LogP contribution in [0.3, 0.4) is 0 Å². The molecule has 0 bridgehead atoms. The summed E-state index contributed by atoms with van der Waals surface area (Å²) in [6.45, 7) is 5.37. The molecule has 0 spiro atoms. The minimum atomic E-state index is -0.0157. The third-order valence-electron chi connectivity index (χ3n) is 4.82. The SMILES string of the molecule is CCCn1c(=O)c2ccccc2n2c(SCCOc3cccc(CC)c3)nnc12. The molecule has 0 unspecified atom stereocenters. The first-order chi connectivity index (χ1) is 14.2. The van der Waals surface area contributed by atoms with E-state index in [0.29, 0.717) is 24.3 Å². The second-order valence-corrected chi connectivity index (χ2v) is 7.85. The van der Waals surface area contributed by atoms with E-state index in [1.54, 1.807) is 16.3 Å². The zero-order valence-electron chi connectivity index (χ0n) is 16.7. The van der Waals surface area contributed by atoms with Gasteiger partial charge in [0.25, 0.3) is 5.56 Å². The smallest absolute Gasteiger partial charge is 0.262 e. The van der Waals surface area contributed by atoms with Crippen LogP contribution in [0.1, 0.15) is 25.8 Å². The molecule has 0 aliphatic carbocycles. The number of ether oxygens (including phenoxy) is 1. The van der Waals surface area contributed by atoms with Crippen LogP contribution >= 0.6 is 11.8 Å². The van der Waals surface area contributed by atoms with E-state index in [1.807, 2.05) is 40.8 Å². The largest absolute Gasteiger partial charge is 0.493 e. The fourth-order valence-corrected chi connectivity index (χ4v) is 4.16. The van der Waals surface area contributed by atoms with E-state index >= 15 is 0 Å². The van der Waals surface area contributed by atoms with E-state index in [4.69, 9.17) is 4.74 Å². The standard InChI is InChI=1S/C22H24N4O2S/c1-3-12-25-20(27)18-10-5-6-11-19(18)26-21(25)23-24-22(26)29-14-13-28-17-9-7-8-16(4-2)15-17/h5-11,15H,3-4,12-14H2,1-2H3. The number of thioether (sulfide) groups is 1. The van der Waals surface area contributed by atoms with Gasteiger partial charge in [0, 0.05) is 12.3 Å². The van der Waals surface area contributed by atoms with Crippen LogP contribution in [0.5, 0.6) is 5.75 Å². The molecule has 0 fully saturated rings. The lowest BCUT2D eigenvalue weighted by atomic mass is 10.2. The van der Waals surface area contributed by atoms with Crippen LogP contribution in [-0.2, 0) is 13.0 Å². The average molecular weight is 409 g/mol. The van der Waals surface area contributed by atoms with Gasteiger partial charge in [-0.2, -0.15) is 0 Å². The Bertz CT molecular complexity index is 1200. The highest BCUT2D eigenvalue weighted by Crippen LogP contribution is 2.22. The van der Waals surface area contributed by atoms with Gasteiger partial charge >= 0.3 is 0 Å². The highest BCUT2D eigenvalue weighted by Gasteiger charge is 2.16. The van der Waals surface area contributed by atoms with Gasteiger partial charge in [-0.15, -0.1) is 10.2 Å². The highest BCUT2D eigenvalue weighted by molar-refractivity contribution is 7.99. The van der Waals surface area contributed by atoms with Crippen LogP contribution in [0.15, 0.2) is 58.5 Å². The minimum Gasteiger partial charge on any atom is -0.493 e.